The molecule has 0 aliphatic carbocycles. The molecule has 0 atom stereocenters. The third-order valence-electron chi connectivity index (χ3n) is 5.82. The minimum atomic E-state index is 0. The molecule has 0 aliphatic rings. The van der Waals surface area contributed by atoms with Gasteiger partial charge in [0.2, 0.25) is 0 Å². The molecule has 0 heterocycles. The maximum absolute atomic E-state index is 5.30. The molecule has 29 heavy (non-hydrogen) atoms. The van der Waals surface area contributed by atoms with Crippen molar-refractivity contribution in [2.75, 3.05) is 13.1 Å². The van der Waals surface area contributed by atoms with E-state index >= 15 is 0 Å². The molecular weight excluding hydrogens is 486 g/mol. The molecule has 0 fully saturated rings. The third kappa shape index (κ3) is 25.0. The molecule has 0 N–H and O–H groups in total. The summed E-state index contributed by atoms with van der Waals surface area (Å²) in [7, 11) is 0. The van der Waals surface area contributed by atoms with Crippen LogP contribution in [-0.2, 0) is 35.0 Å². The smallest absolute Gasteiger partial charge is 0.411 e. The Bertz CT molecular complexity index is 302. The van der Waals surface area contributed by atoms with Gasteiger partial charge in [0.15, 0.2) is 0 Å². The van der Waals surface area contributed by atoms with Crippen LogP contribution in [0.2, 0.25) is 0 Å². The molecule has 0 aromatic carbocycles. The first kappa shape index (κ1) is 32.0. The van der Waals surface area contributed by atoms with Crippen molar-refractivity contribution >= 4 is 29.2 Å². The van der Waals surface area contributed by atoms with E-state index in [2.05, 4.69) is 18.7 Å². The van der Waals surface area contributed by atoms with Crippen molar-refractivity contribution in [3.63, 3.8) is 0 Å². The summed E-state index contributed by atoms with van der Waals surface area (Å²) in [6.07, 6.45) is 27.7. The normalized spacial score (nSPS) is 10.7. The van der Waals surface area contributed by atoms with Gasteiger partial charge < -0.3 is 29.7 Å². The van der Waals surface area contributed by atoms with Crippen LogP contribution in [0.4, 0.5) is 0 Å². The summed E-state index contributed by atoms with van der Waals surface area (Å²) in [6.45, 7) is 6.73. The monoisotopic (exact) mass is 535 g/mol. The van der Waals surface area contributed by atoms with Crippen molar-refractivity contribution in [3.8, 4) is 0 Å². The van der Waals surface area contributed by atoms with Gasteiger partial charge in [0.25, 0.3) is 0 Å². The van der Waals surface area contributed by atoms with Gasteiger partial charge in [-0.15, -0.1) is 0 Å². The second-order valence-electron chi connectivity index (χ2n) is 8.62. The number of unbranched alkanes of at least 4 members (excludes halogenated alkanes) is 18. The van der Waals surface area contributed by atoms with E-state index in [0.29, 0.717) is 4.32 Å². The summed E-state index contributed by atoms with van der Waals surface area (Å²) >= 11 is 10.6. The summed E-state index contributed by atoms with van der Waals surface area (Å²) in [5.41, 5.74) is 0. The van der Waals surface area contributed by atoms with Gasteiger partial charge in [-0.3, -0.25) is 0 Å². The van der Waals surface area contributed by atoms with Gasteiger partial charge in [0, 0.05) is 13.1 Å². The molecular formula is C25H50AgNS2. The molecule has 0 spiro atoms. The first-order valence-electron chi connectivity index (χ1n) is 12.7. The summed E-state index contributed by atoms with van der Waals surface area (Å²) in [6, 6.07) is 0. The number of thiocarbonyl (C=S) groups is 1. The van der Waals surface area contributed by atoms with Crippen LogP contribution >= 0.6 is 12.2 Å². The van der Waals surface area contributed by atoms with Crippen molar-refractivity contribution in [1.29, 1.82) is 0 Å². The van der Waals surface area contributed by atoms with Crippen LogP contribution < -0.4 is 0 Å². The maximum atomic E-state index is 5.30. The van der Waals surface area contributed by atoms with Gasteiger partial charge in [0.05, 0.1) is 0 Å². The SMILES string of the molecule is CCCCCCCCCCCCN(CCCCCCCCCCCC)C(=S)[S-].[Ag+]. The Morgan fingerprint density at radius 1 is 0.517 bits per heavy atom. The van der Waals surface area contributed by atoms with Crippen LogP contribution in [-0.4, -0.2) is 22.3 Å². The minimum Gasteiger partial charge on any atom is -0.411 e. The fraction of sp³-hybridized carbons (Fsp3) is 0.960. The average Bonchev–Trinajstić information content (AvgIpc) is 2.68. The van der Waals surface area contributed by atoms with E-state index in [1.54, 1.807) is 0 Å². The molecule has 178 valence electrons. The molecule has 0 aromatic heterocycles. The van der Waals surface area contributed by atoms with E-state index < -0.39 is 0 Å². The van der Waals surface area contributed by atoms with Crippen LogP contribution in [0.5, 0.6) is 0 Å². The molecule has 0 unspecified atom stereocenters. The van der Waals surface area contributed by atoms with Crippen LogP contribution in [0.15, 0.2) is 0 Å². The average molecular weight is 537 g/mol. The fourth-order valence-electron chi connectivity index (χ4n) is 3.87. The summed E-state index contributed by atoms with van der Waals surface area (Å²) in [5.74, 6) is 0. The molecule has 0 radical (unpaired) electrons. The number of hydrogen-bond donors (Lipinski definition) is 0. The van der Waals surface area contributed by atoms with E-state index in [-0.39, 0.29) is 22.4 Å². The van der Waals surface area contributed by atoms with Gasteiger partial charge in [-0.1, -0.05) is 134 Å². The second kappa shape index (κ2) is 26.9. The number of rotatable bonds is 22. The first-order chi connectivity index (χ1) is 13.7. The van der Waals surface area contributed by atoms with Gasteiger partial charge in [-0.05, 0) is 12.8 Å². The predicted molar refractivity (Wildman–Crippen MR) is 135 cm³/mol. The zero-order chi connectivity index (χ0) is 20.7. The molecule has 0 bridgehead atoms. The first-order valence-corrected chi connectivity index (χ1v) is 13.5. The van der Waals surface area contributed by atoms with E-state index in [4.69, 9.17) is 24.8 Å². The summed E-state index contributed by atoms with van der Waals surface area (Å²) in [5, 5.41) is 0. The Labute approximate surface area is 210 Å². The van der Waals surface area contributed by atoms with Gasteiger partial charge in [-0.25, -0.2) is 0 Å². The predicted octanol–water partition coefficient (Wildman–Crippen LogP) is 8.96. The Kier molecular flexibility index (Phi) is 29.7. The van der Waals surface area contributed by atoms with E-state index in [9.17, 15) is 0 Å². The Hall–Kier alpha value is 0.850. The molecule has 0 amide bonds. The van der Waals surface area contributed by atoms with Crippen LogP contribution in [0, 0.1) is 0 Å². The molecule has 0 rings (SSSR count). The molecule has 0 aromatic rings. The van der Waals surface area contributed by atoms with Crippen molar-refractivity contribution in [1.82, 2.24) is 4.90 Å². The van der Waals surface area contributed by atoms with Crippen molar-refractivity contribution in [3.05, 3.63) is 0 Å². The Morgan fingerprint density at radius 3 is 1.00 bits per heavy atom. The third-order valence-corrected chi connectivity index (χ3v) is 6.34. The Morgan fingerprint density at radius 2 is 0.759 bits per heavy atom. The van der Waals surface area contributed by atoms with Crippen LogP contribution in [0.1, 0.15) is 142 Å². The van der Waals surface area contributed by atoms with E-state index in [1.807, 2.05) is 0 Å². The van der Waals surface area contributed by atoms with Crippen LogP contribution in [0.25, 0.3) is 0 Å². The molecule has 4 heteroatoms. The maximum Gasteiger partial charge on any atom is 1.00 e. The molecule has 0 aliphatic heterocycles. The minimum absolute atomic E-state index is 0. The Balaban J connectivity index is 0. The van der Waals surface area contributed by atoms with Crippen LogP contribution in [0.3, 0.4) is 0 Å². The molecule has 0 saturated heterocycles. The fourth-order valence-corrected chi connectivity index (χ4v) is 4.24. The summed E-state index contributed by atoms with van der Waals surface area (Å²) in [4.78, 5) is 2.28. The van der Waals surface area contributed by atoms with Crippen molar-refractivity contribution in [2.45, 2.75) is 142 Å². The standard InChI is InChI=1S/C25H51NS2.Ag/c1-3-5-7-9-11-13-15-17-19-21-23-26(25(27)28)24-22-20-18-16-14-12-10-8-6-4-2;/h3-24H2,1-2H3,(H,27,28);/q;+1/p-1. The number of nitrogens with zero attached hydrogens (tertiary/aromatic N) is 1. The van der Waals surface area contributed by atoms with E-state index in [1.165, 1.54) is 128 Å². The quantitative estimate of drug-likeness (QED) is 0.0588. The van der Waals surface area contributed by atoms with Gasteiger partial charge in [0.1, 0.15) is 0 Å². The second-order valence-corrected chi connectivity index (χ2v) is 9.65. The largest absolute Gasteiger partial charge is 1.00 e. The topological polar surface area (TPSA) is 3.24 Å². The van der Waals surface area contributed by atoms with Crippen molar-refractivity contribution in [2.24, 2.45) is 0 Å². The van der Waals surface area contributed by atoms with Crippen molar-refractivity contribution < 1.29 is 22.4 Å². The molecule has 1 nitrogen and oxygen atoms in total. The molecule has 0 saturated carbocycles. The van der Waals surface area contributed by atoms with E-state index in [0.717, 1.165) is 13.1 Å². The van der Waals surface area contributed by atoms with Gasteiger partial charge >= 0.3 is 22.4 Å². The van der Waals surface area contributed by atoms with Gasteiger partial charge in [-0.2, -0.15) is 0 Å². The summed E-state index contributed by atoms with van der Waals surface area (Å²) < 4.78 is 0.687. The zero-order valence-corrected chi connectivity index (χ0v) is 22.7. The number of hydrogen-bond acceptors (Lipinski definition) is 2. The zero-order valence-electron chi connectivity index (χ0n) is 19.6.